The van der Waals surface area contributed by atoms with Gasteiger partial charge in [-0.15, -0.1) is 0 Å². The standard InChI is InChI=1S/C24H31ClIN3O4S/c1-4-6-15-27-24(31)22(5-2)28(16-18-9-7-8-10-21(18)25)23(30)17-29(34(3,32)33)20-13-11-19(26)12-14-20/h7-14,22H,4-6,15-17H2,1-3H3,(H,27,31)/t22-/m1/s1. The molecule has 0 saturated heterocycles. The molecular weight excluding hydrogens is 589 g/mol. The van der Waals surface area contributed by atoms with Crippen LogP contribution < -0.4 is 9.62 Å². The summed E-state index contributed by atoms with van der Waals surface area (Å²) in [5.74, 6) is -0.752. The van der Waals surface area contributed by atoms with Crippen LogP contribution in [0.5, 0.6) is 0 Å². The quantitative estimate of drug-likeness (QED) is 0.281. The number of benzene rings is 2. The molecule has 1 atom stereocenters. The highest BCUT2D eigenvalue weighted by Gasteiger charge is 2.31. The van der Waals surface area contributed by atoms with Crippen molar-refractivity contribution in [1.82, 2.24) is 10.2 Å². The molecule has 186 valence electrons. The molecular formula is C24H31ClIN3O4S. The normalized spacial score (nSPS) is 12.1. The monoisotopic (exact) mass is 619 g/mol. The number of carbonyl (C=O) groups excluding carboxylic acids is 2. The Labute approximate surface area is 221 Å². The van der Waals surface area contributed by atoms with E-state index in [1.54, 1.807) is 48.5 Å². The van der Waals surface area contributed by atoms with Gasteiger partial charge in [-0.05, 0) is 71.3 Å². The Kier molecular flexibility index (Phi) is 11.1. The molecule has 34 heavy (non-hydrogen) atoms. The maximum absolute atomic E-state index is 13.6. The molecule has 0 aromatic heterocycles. The van der Waals surface area contributed by atoms with E-state index in [0.717, 1.165) is 27.0 Å². The van der Waals surface area contributed by atoms with Crippen LogP contribution in [-0.2, 0) is 26.2 Å². The van der Waals surface area contributed by atoms with Crippen molar-refractivity contribution in [2.75, 3.05) is 23.7 Å². The lowest BCUT2D eigenvalue weighted by atomic mass is 10.1. The van der Waals surface area contributed by atoms with Crippen LogP contribution in [0.25, 0.3) is 0 Å². The van der Waals surface area contributed by atoms with E-state index >= 15 is 0 Å². The number of nitrogens with one attached hydrogen (secondary N) is 1. The maximum atomic E-state index is 13.6. The highest BCUT2D eigenvalue weighted by atomic mass is 127. The second-order valence-electron chi connectivity index (χ2n) is 7.93. The number of amides is 2. The first-order chi connectivity index (χ1) is 16.1. The zero-order chi connectivity index (χ0) is 25.3. The second kappa shape index (κ2) is 13.3. The van der Waals surface area contributed by atoms with Crippen LogP contribution in [0.1, 0.15) is 38.7 Å². The molecule has 2 rings (SSSR count). The van der Waals surface area contributed by atoms with Crippen molar-refractivity contribution in [1.29, 1.82) is 0 Å². The number of unbranched alkanes of at least 4 members (excludes halogenated alkanes) is 1. The third-order valence-corrected chi connectivity index (χ3v) is 7.54. The van der Waals surface area contributed by atoms with Gasteiger partial charge < -0.3 is 10.2 Å². The predicted molar refractivity (Wildman–Crippen MR) is 145 cm³/mol. The molecule has 2 aromatic rings. The summed E-state index contributed by atoms with van der Waals surface area (Å²) in [7, 11) is -3.75. The van der Waals surface area contributed by atoms with E-state index < -0.39 is 28.5 Å². The second-order valence-corrected chi connectivity index (χ2v) is 11.5. The molecule has 1 N–H and O–H groups in total. The van der Waals surface area contributed by atoms with E-state index in [9.17, 15) is 18.0 Å². The zero-order valence-electron chi connectivity index (χ0n) is 19.6. The van der Waals surface area contributed by atoms with Crippen LogP contribution in [0.4, 0.5) is 5.69 Å². The molecule has 0 fully saturated rings. The molecule has 0 aliphatic rings. The number of nitrogens with zero attached hydrogens (tertiary/aromatic N) is 2. The minimum atomic E-state index is -3.75. The summed E-state index contributed by atoms with van der Waals surface area (Å²) >= 11 is 8.47. The first-order valence-corrected chi connectivity index (χ1v) is 14.4. The van der Waals surface area contributed by atoms with Crippen molar-refractivity contribution in [3.63, 3.8) is 0 Å². The molecule has 0 aliphatic heterocycles. The van der Waals surface area contributed by atoms with Crippen LogP contribution >= 0.6 is 34.2 Å². The summed E-state index contributed by atoms with van der Waals surface area (Å²) in [6, 6.07) is 13.2. The van der Waals surface area contributed by atoms with Gasteiger partial charge >= 0.3 is 0 Å². The average molecular weight is 620 g/mol. The minimum Gasteiger partial charge on any atom is -0.354 e. The Morgan fingerprint density at radius 1 is 1.09 bits per heavy atom. The van der Waals surface area contributed by atoms with Gasteiger partial charge in [0.05, 0.1) is 11.9 Å². The molecule has 10 heteroatoms. The lowest BCUT2D eigenvalue weighted by molar-refractivity contribution is -0.140. The number of hydrogen-bond acceptors (Lipinski definition) is 4. The van der Waals surface area contributed by atoms with Gasteiger partial charge in [0.15, 0.2) is 0 Å². The molecule has 2 aromatic carbocycles. The largest absolute Gasteiger partial charge is 0.354 e. The molecule has 0 aliphatic carbocycles. The lowest BCUT2D eigenvalue weighted by Gasteiger charge is -2.33. The molecule has 2 amide bonds. The summed E-state index contributed by atoms with van der Waals surface area (Å²) in [6.45, 7) is 4.02. The number of rotatable bonds is 12. The fourth-order valence-corrected chi connectivity index (χ4v) is 4.86. The van der Waals surface area contributed by atoms with Crippen LogP contribution in [0.15, 0.2) is 48.5 Å². The van der Waals surface area contributed by atoms with E-state index in [-0.39, 0.29) is 12.5 Å². The van der Waals surface area contributed by atoms with Crippen LogP contribution in [0, 0.1) is 3.57 Å². The molecule has 0 radical (unpaired) electrons. The summed E-state index contributed by atoms with van der Waals surface area (Å²) in [4.78, 5) is 28.0. The van der Waals surface area contributed by atoms with E-state index in [4.69, 9.17) is 11.6 Å². The van der Waals surface area contributed by atoms with Gasteiger partial charge in [0.2, 0.25) is 21.8 Å². The molecule has 0 heterocycles. The fourth-order valence-electron chi connectivity index (χ4n) is 3.46. The number of hydrogen-bond donors (Lipinski definition) is 1. The highest BCUT2D eigenvalue weighted by molar-refractivity contribution is 14.1. The smallest absolute Gasteiger partial charge is 0.244 e. The zero-order valence-corrected chi connectivity index (χ0v) is 23.4. The maximum Gasteiger partial charge on any atom is 0.244 e. The first-order valence-electron chi connectivity index (χ1n) is 11.1. The number of carbonyl (C=O) groups is 2. The Bertz CT molecular complexity index is 1080. The number of sulfonamides is 1. The summed E-state index contributed by atoms with van der Waals surface area (Å²) in [5.41, 5.74) is 1.06. The SMILES string of the molecule is CCCCNC(=O)[C@@H](CC)N(Cc1ccccc1Cl)C(=O)CN(c1ccc(I)cc1)S(C)(=O)=O. The Morgan fingerprint density at radius 2 is 1.74 bits per heavy atom. The van der Waals surface area contributed by atoms with Crippen LogP contribution in [-0.4, -0.2) is 50.5 Å². The van der Waals surface area contributed by atoms with E-state index in [2.05, 4.69) is 27.9 Å². The van der Waals surface area contributed by atoms with Gasteiger partial charge in [-0.1, -0.05) is 50.1 Å². The Hall–Kier alpha value is -1.85. The van der Waals surface area contributed by atoms with E-state index in [0.29, 0.717) is 29.2 Å². The molecule has 0 unspecified atom stereocenters. The van der Waals surface area contributed by atoms with Crippen molar-refractivity contribution in [2.45, 2.75) is 45.7 Å². The topological polar surface area (TPSA) is 86.8 Å². The fraction of sp³-hybridized carbons (Fsp3) is 0.417. The number of halogens is 2. The minimum absolute atomic E-state index is 0.0858. The summed E-state index contributed by atoms with van der Waals surface area (Å²) in [6.07, 6.45) is 3.19. The third kappa shape index (κ3) is 8.13. The molecule has 0 spiro atoms. The summed E-state index contributed by atoms with van der Waals surface area (Å²) < 4.78 is 27.2. The lowest BCUT2D eigenvalue weighted by Crippen LogP contribution is -2.52. The van der Waals surface area contributed by atoms with Gasteiger partial charge in [0.25, 0.3) is 0 Å². The van der Waals surface area contributed by atoms with Crippen molar-refractivity contribution < 1.29 is 18.0 Å². The van der Waals surface area contributed by atoms with E-state index in [1.807, 2.05) is 13.8 Å². The highest BCUT2D eigenvalue weighted by Crippen LogP contribution is 2.23. The summed E-state index contributed by atoms with van der Waals surface area (Å²) in [5, 5.41) is 3.36. The van der Waals surface area contributed by atoms with Gasteiger partial charge in [-0.2, -0.15) is 0 Å². The van der Waals surface area contributed by atoms with Crippen molar-refractivity contribution in [2.24, 2.45) is 0 Å². The van der Waals surface area contributed by atoms with Gasteiger partial charge in [-0.25, -0.2) is 8.42 Å². The van der Waals surface area contributed by atoms with Gasteiger partial charge in [0, 0.05) is 21.7 Å². The van der Waals surface area contributed by atoms with Gasteiger partial charge in [0.1, 0.15) is 12.6 Å². The van der Waals surface area contributed by atoms with Crippen molar-refractivity contribution in [3.05, 3.63) is 62.7 Å². The molecule has 7 nitrogen and oxygen atoms in total. The van der Waals surface area contributed by atoms with Crippen LogP contribution in [0.2, 0.25) is 5.02 Å². The first kappa shape index (κ1) is 28.4. The Balaban J connectivity index is 2.40. The van der Waals surface area contributed by atoms with Crippen molar-refractivity contribution >= 4 is 61.7 Å². The number of anilines is 1. The van der Waals surface area contributed by atoms with E-state index in [1.165, 1.54) is 4.90 Å². The molecule has 0 saturated carbocycles. The predicted octanol–water partition coefficient (Wildman–Crippen LogP) is 4.43. The Morgan fingerprint density at radius 3 is 2.29 bits per heavy atom. The molecule has 0 bridgehead atoms. The van der Waals surface area contributed by atoms with Crippen molar-refractivity contribution in [3.8, 4) is 0 Å². The van der Waals surface area contributed by atoms with Crippen LogP contribution in [0.3, 0.4) is 0 Å². The van der Waals surface area contributed by atoms with Gasteiger partial charge in [-0.3, -0.25) is 13.9 Å². The average Bonchev–Trinajstić information content (AvgIpc) is 2.78. The third-order valence-electron chi connectivity index (χ3n) is 5.31.